The van der Waals surface area contributed by atoms with E-state index in [2.05, 4.69) is 26.6 Å². The van der Waals surface area contributed by atoms with Crippen LogP contribution in [-0.2, 0) is 6.42 Å². The van der Waals surface area contributed by atoms with Crippen molar-refractivity contribution in [1.82, 2.24) is 10.3 Å². The summed E-state index contributed by atoms with van der Waals surface area (Å²) < 4.78 is 5.28. The van der Waals surface area contributed by atoms with E-state index >= 15 is 0 Å². The Morgan fingerprint density at radius 1 is 1.29 bits per heavy atom. The third-order valence-electron chi connectivity index (χ3n) is 3.41. The van der Waals surface area contributed by atoms with Gasteiger partial charge in [-0.3, -0.25) is 0 Å². The first-order valence-corrected chi connectivity index (χ1v) is 6.16. The number of piperazine rings is 1. The molecule has 3 rings (SSSR count). The molecule has 0 aliphatic carbocycles. The number of aromatic nitrogens is 1. The standard InChI is InChI=1S/C12H18N4O/c1-17-11-8-10(16-6-4-13-5-7-16)9-2-3-14-12(9)15-11/h8,13H,2-7H2,1H3,(H,14,15). The van der Waals surface area contributed by atoms with Crippen molar-refractivity contribution in [1.29, 1.82) is 0 Å². The fraction of sp³-hybridized carbons (Fsp3) is 0.583. The van der Waals surface area contributed by atoms with Crippen LogP contribution in [0.3, 0.4) is 0 Å². The second-order valence-corrected chi connectivity index (χ2v) is 4.42. The summed E-state index contributed by atoms with van der Waals surface area (Å²) >= 11 is 0. The lowest BCUT2D eigenvalue weighted by atomic mass is 10.1. The lowest BCUT2D eigenvalue weighted by molar-refractivity contribution is 0.398. The van der Waals surface area contributed by atoms with Crippen molar-refractivity contribution in [2.75, 3.05) is 50.1 Å². The van der Waals surface area contributed by atoms with Crippen LogP contribution in [-0.4, -0.2) is 44.8 Å². The molecule has 0 saturated carbocycles. The van der Waals surface area contributed by atoms with Crippen molar-refractivity contribution in [3.63, 3.8) is 0 Å². The Hall–Kier alpha value is -1.49. The van der Waals surface area contributed by atoms with Crippen molar-refractivity contribution >= 4 is 11.5 Å². The molecule has 0 unspecified atom stereocenters. The van der Waals surface area contributed by atoms with Gasteiger partial charge in [-0.25, -0.2) is 0 Å². The van der Waals surface area contributed by atoms with Gasteiger partial charge >= 0.3 is 0 Å². The molecule has 0 bridgehead atoms. The van der Waals surface area contributed by atoms with E-state index in [1.165, 1.54) is 11.3 Å². The summed E-state index contributed by atoms with van der Waals surface area (Å²) in [6.45, 7) is 5.19. The fourth-order valence-corrected chi connectivity index (χ4v) is 2.53. The Labute approximate surface area is 101 Å². The van der Waals surface area contributed by atoms with Gasteiger partial charge < -0.3 is 20.3 Å². The Bertz CT molecular complexity index is 415. The maximum atomic E-state index is 5.28. The van der Waals surface area contributed by atoms with Gasteiger partial charge in [0.2, 0.25) is 5.88 Å². The number of hydrogen-bond acceptors (Lipinski definition) is 5. The minimum atomic E-state index is 0.701. The van der Waals surface area contributed by atoms with Gasteiger partial charge in [-0.15, -0.1) is 0 Å². The van der Waals surface area contributed by atoms with Gasteiger partial charge in [-0.1, -0.05) is 0 Å². The number of nitrogens with zero attached hydrogens (tertiary/aromatic N) is 2. The van der Waals surface area contributed by atoms with E-state index in [4.69, 9.17) is 4.74 Å². The molecule has 5 nitrogen and oxygen atoms in total. The third-order valence-corrected chi connectivity index (χ3v) is 3.41. The molecule has 92 valence electrons. The van der Waals surface area contributed by atoms with Crippen LogP contribution in [0.2, 0.25) is 0 Å². The SMILES string of the molecule is COc1cc(N2CCNCC2)c2c(n1)NCC2. The fourth-order valence-electron chi connectivity index (χ4n) is 2.53. The first kappa shape index (κ1) is 10.7. The van der Waals surface area contributed by atoms with E-state index in [0.29, 0.717) is 5.88 Å². The van der Waals surface area contributed by atoms with E-state index in [9.17, 15) is 0 Å². The van der Waals surface area contributed by atoms with Gasteiger partial charge in [0, 0.05) is 50.0 Å². The molecule has 1 aromatic heterocycles. The van der Waals surface area contributed by atoms with Crippen LogP contribution in [0, 0.1) is 0 Å². The minimum absolute atomic E-state index is 0.701. The number of rotatable bonds is 2. The summed E-state index contributed by atoms with van der Waals surface area (Å²) in [5.41, 5.74) is 2.63. The van der Waals surface area contributed by atoms with Gasteiger partial charge in [0.05, 0.1) is 7.11 Å². The lowest BCUT2D eigenvalue weighted by Crippen LogP contribution is -2.43. The van der Waals surface area contributed by atoms with Crippen LogP contribution in [0.1, 0.15) is 5.56 Å². The maximum Gasteiger partial charge on any atom is 0.217 e. The average molecular weight is 234 g/mol. The van der Waals surface area contributed by atoms with E-state index in [0.717, 1.165) is 45.0 Å². The summed E-state index contributed by atoms with van der Waals surface area (Å²) in [5.74, 6) is 1.70. The third kappa shape index (κ3) is 1.91. The van der Waals surface area contributed by atoms with E-state index in [1.807, 2.05) is 0 Å². The highest BCUT2D eigenvalue weighted by Gasteiger charge is 2.22. The van der Waals surface area contributed by atoms with Crippen LogP contribution in [0.5, 0.6) is 5.88 Å². The molecule has 3 heterocycles. The first-order valence-electron chi connectivity index (χ1n) is 6.16. The average Bonchev–Trinajstić information content (AvgIpc) is 2.86. The Kier molecular flexibility index (Phi) is 2.76. The van der Waals surface area contributed by atoms with Gasteiger partial charge in [0.15, 0.2) is 0 Å². The molecule has 1 aromatic rings. The molecule has 2 N–H and O–H groups in total. The summed E-state index contributed by atoms with van der Waals surface area (Å²) in [5, 5.41) is 6.70. The van der Waals surface area contributed by atoms with Gasteiger partial charge in [-0.05, 0) is 6.42 Å². The largest absolute Gasteiger partial charge is 0.481 e. The summed E-state index contributed by atoms with van der Waals surface area (Å²) in [4.78, 5) is 6.87. The Balaban J connectivity index is 1.98. The molecule has 2 aliphatic rings. The summed E-state index contributed by atoms with van der Waals surface area (Å²) in [6.07, 6.45) is 1.06. The molecular weight excluding hydrogens is 216 g/mol. The van der Waals surface area contributed by atoms with Gasteiger partial charge in [0.25, 0.3) is 0 Å². The van der Waals surface area contributed by atoms with E-state index < -0.39 is 0 Å². The molecule has 1 saturated heterocycles. The molecule has 17 heavy (non-hydrogen) atoms. The van der Waals surface area contributed by atoms with Crippen molar-refractivity contribution < 1.29 is 4.74 Å². The summed E-state index contributed by atoms with van der Waals surface area (Å²) in [6, 6.07) is 2.07. The highest BCUT2D eigenvalue weighted by Crippen LogP contribution is 2.33. The minimum Gasteiger partial charge on any atom is -0.481 e. The molecule has 0 radical (unpaired) electrons. The van der Waals surface area contributed by atoms with Crippen LogP contribution in [0.15, 0.2) is 6.07 Å². The number of methoxy groups -OCH3 is 1. The van der Waals surface area contributed by atoms with Crippen LogP contribution < -0.4 is 20.3 Å². The lowest BCUT2D eigenvalue weighted by Gasteiger charge is -2.31. The zero-order valence-corrected chi connectivity index (χ0v) is 10.1. The second-order valence-electron chi connectivity index (χ2n) is 4.42. The molecule has 0 aromatic carbocycles. The quantitative estimate of drug-likeness (QED) is 0.779. The Morgan fingerprint density at radius 3 is 2.88 bits per heavy atom. The number of nitrogens with one attached hydrogen (secondary N) is 2. The van der Waals surface area contributed by atoms with Crippen molar-refractivity contribution in [3.05, 3.63) is 11.6 Å². The predicted octanol–water partition coefficient (Wildman–Crippen LogP) is 0.468. The Morgan fingerprint density at radius 2 is 2.12 bits per heavy atom. The first-order chi connectivity index (χ1) is 8.38. The topological polar surface area (TPSA) is 49.4 Å². The monoisotopic (exact) mass is 234 g/mol. The zero-order chi connectivity index (χ0) is 11.7. The highest BCUT2D eigenvalue weighted by molar-refractivity contribution is 5.68. The molecule has 1 fully saturated rings. The zero-order valence-electron chi connectivity index (χ0n) is 10.1. The predicted molar refractivity (Wildman–Crippen MR) is 68.1 cm³/mol. The molecule has 5 heteroatoms. The second kappa shape index (κ2) is 4.41. The van der Waals surface area contributed by atoms with Gasteiger partial charge in [-0.2, -0.15) is 4.98 Å². The smallest absolute Gasteiger partial charge is 0.217 e. The number of anilines is 2. The summed E-state index contributed by atoms with van der Waals surface area (Å²) in [7, 11) is 1.67. The molecular formula is C12H18N4O. The number of ether oxygens (including phenoxy) is 1. The molecule has 0 spiro atoms. The number of hydrogen-bond donors (Lipinski definition) is 2. The normalized spacial score (nSPS) is 18.8. The van der Waals surface area contributed by atoms with Crippen LogP contribution in [0.4, 0.5) is 11.5 Å². The molecule has 0 amide bonds. The highest BCUT2D eigenvalue weighted by atomic mass is 16.5. The van der Waals surface area contributed by atoms with E-state index in [-0.39, 0.29) is 0 Å². The van der Waals surface area contributed by atoms with E-state index in [1.54, 1.807) is 7.11 Å². The van der Waals surface area contributed by atoms with Crippen molar-refractivity contribution in [2.45, 2.75) is 6.42 Å². The van der Waals surface area contributed by atoms with Crippen LogP contribution >= 0.6 is 0 Å². The van der Waals surface area contributed by atoms with Crippen LogP contribution in [0.25, 0.3) is 0 Å². The number of fused-ring (bicyclic) bond motifs is 1. The van der Waals surface area contributed by atoms with Crippen molar-refractivity contribution in [3.8, 4) is 5.88 Å². The van der Waals surface area contributed by atoms with Crippen molar-refractivity contribution in [2.24, 2.45) is 0 Å². The maximum absolute atomic E-state index is 5.28. The number of pyridine rings is 1. The molecule has 2 aliphatic heterocycles. The molecule has 0 atom stereocenters. The van der Waals surface area contributed by atoms with Gasteiger partial charge in [0.1, 0.15) is 5.82 Å².